The molecule has 4 amide bonds. The van der Waals surface area contributed by atoms with E-state index >= 15 is 0 Å². The number of benzene rings is 1. The fourth-order valence-corrected chi connectivity index (χ4v) is 6.68. The minimum Gasteiger partial charge on any atom is -0.496 e. The molecule has 0 radical (unpaired) electrons. The number of likely N-dealkylation sites (N-methyl/N-ethyl adjacent to an activating group) is 1. The molecule has 1 unspecified atom stereocenters. The lowest BCUT2D eigenvalue weighted by molar-refractivity contribution is -0.150. The molecule has 44 heavy (non-hydrogen) atoms. The standard InChI is InChI=1S/C33H49N5O6/c1-8-21(4)28(36(5)6)31(40)35-24(18-20(2)3)32(41)38-17-14-27-29(38)33(42)37-16-9-10-25(37)30(39)34-15-13-22-19-23(44-27)11-12-26(22)43-7/h11-13,15,19-21,24-25,27-29H,8-10,14,16-18H2,1-7H3,(H,34,39)(H,35,40)/b15-13-/t21?,24-,25-,27-,28-,29-/m0/s1. The van der Waals surface area contributed by atoms with Crippen LogP contribution in [0.2, 0.25) is 0 Å². The Balaban J connectivity index is 1.69. The highest BCUT2D eigenvalue weighted by Crippen LogP contribution is 2.32. The Morgan fingerprint density at radius 2 is 1.91 bits per heavy atom. The second kappa shape index (κ2) is 14.5. The number of nitrogens with one attached hydrogen (secondary N) is 2. The van der Waals surface area contributed by atoms with Crippen LogP contribution in [-0.2, 0) is 19.2 Å². The van der Waals surface area contributed by atoms with Crippen molar-refractivity contribution < 1.29 is 28.7 Å². The number of fused-ring (bicyclic) bond motifs is 4. The van der Waals surface area contributed by atoms with Crippen molar-refractivity contribution in [3.05, 3.63) is 30.0 Å². The van der Waals surface area contributed by atoms with Gasteiger partial charge in [0.2, 0.25) is 23.6 Å². The first-order valence-corrected chi connectivity index (χ1v) is 15.9. The summed E-state index contributed by atoms with van der Waals surface area (Å²) in [5.41, 5.74) is 0.707. The third-order valence-corrected chi connectivity index (χ3v) is 9.02. The highest BCUT2D eigenvalue weighted by Gasteiger charge is 2.49. The average Bonchev–Trinajstić information content (AvgIpc) is 3.63. The highest BCUT2D eigenvalue weighted by atomic mass is 16.5. The van der Waals surface area contributed by atoms with Gasteiger partial charge >= 0.3 is 0 Å². The van der Waals surface area contributed by atoms with Crippen LogP contribution in [0.3, 0.4) is 0 Å². The average molecular weight is 612 g/mol. The van der Waals surface area contributed by atoms with Gasteiger partial charge in [-0.2, -0.15) is 0 Å². The maximum Gasteiger partial charge on any atom is 0.249 e. The molecule has 11 nitrogen and oxygen atoms in total. The number of hydrogen-bond donors (Lipinski definition) is 2. The van der Waals surface area contributed by atoms with E-state index < -0.39 is 30.3 Å². The van der Waals surface area contributed by atoms with Gasteiger partial charge in [-0.15, -0.1) is 0 Å². The van der Waals surface area contributed by atoms with Gasteiger partial charge in [0.1, 0.15) is 35.7 Å². The Bertz CT molecular complexity index is 1250. The number of methoxy groups -OCH3 is 1. The molecular formula is C33H49N5O6. The Labute approximate surface area is 261 Å². The number of hydrogen-bond acceptors (Lipinski definition) is 7. The molecule has 0 aliphatic carbocycles. The van der Waals surface area contributed by atoms with E-state index in [1.54, 1.807) is 47.4 Å². The zero-order valence-corrected chi connectivity index (χ0v) is 27.2. The van der Waals surface area contributed by atoms with Crippen LogP contribution in [0.5, 0.6) is 11.5 Å². The van der Waals surface area contributed by atoms with Crippen LogP contribution < -0.4 is 20.1 Å². The van der Waals surface area contributed by atoms with Crippen LogP contribution in [0, 0.1) is 11.8 Å². The second-order valence-corrected chi connectivity index (χ2v) is 12.8. The smallest absolute Gasteiger partial charge is 0.249 e. The lowest BCUT2D eigenvalue weighted by atomic mass is 9.96. The fraction of sp³-hybridized carbons (Fsp3) is 0.636. The van der Waals surface area contributed by atoms with Crippen LogP contribution in [0.1, 0.15) is 65.4 Å². The SMILES string of the molecule is CCC(C)[C@@H](C(=O)N[C@@H](CC(C)C)C(=O)N1CC[C@@H]2Oc3ccc(OC)c(c3)/C=C\NC(=O)[C@@H]3CCCN3C(=O)[C@H]21)N(C)C. The maximum absolute atomic E-state index is 14.4. The van der Waals surface area contributed by atoms with Gasteiger partial charge in [0.15, 0.2) is 0 Å². The summed E-state index contributed by atoms with van der Waals surface area (Å²) in [6.07, 6.45) is 5.54. The summed E-state index contributed by atoms with van der Waals surface area (Å²) in [5, 5.41) is 5.88. The van der Waals surface area contributed by atoms with E-state index in [0.29, 0.717) is 55.8 Å². The molecule has 4 rings (SSSR count). The summed E-state index contributed by atoms with van der Waals surface area (Å²) in [6, 6.07) is 2.54. The first-order valence-electron chi connectivity index (χ1n) is 15.9. The summed E-state index contributed by atoms with van der Waals surface area (Å²) in [4.78, 5) is 60.5. The zero-order chi connectivity index (χ0) is 32.1. The van der Waals surface area contributed by atoms with Crippen molar-refractivity contribution in [2.45, 2.75) is 90.1 Å². The summed E-state index contributed by atoms with van der Waals surface area (Å²) in [6.45, 7) is 8.79. The monoisotopic (exact) mass is 611 g/mol. The molecule has 3 aliphatic rings. The van der Waals surface area contributed by atoms with Gasteiger partial charge in [0.05, 0.1) is 13.2 Å². The van der Waals surface area contributed by atoms with E-state index in [9.17, 15) is 19.2 Å². The van der Waals surface area contributed by atoms with Crippen molar-refractivity contribution in [3.8, 4) is 11.5 Å². The number of nitrogens with zero attached hydrogens (tertiary/aromatic N) is 3. The van der Waals surface area contributed by atoms with Gasteiger partial charge in [-0.25, -0.2) is 0 Å². The molecule has 3 aliphatic heterocycles. The van der Waals surface area contributed by atoms with E-state index in [0.717, 1.165) is 6.42 Å². The Morgan fingerprint density at radius 1 is 1.16 bits per heavy atom. The first-order chi connectivity index (χ1) is 21.0. The van der Waals surface area contributed by atoms with E-state index in [1.165, 1.54) is 0 Å². The normalized spacial score (nSPS) is 24.6. The van der Waals surface area contributed by atoms with Crippen molar-refractivity contribution in [3.63, 3.8) is 0 Å². The lowest BCUT2D eigenvalue weighted by Crippen LogP contribution is -2.60. The van der Waals surface area contributed by atoms with Crippen LogP contribution in [0.15, 0.2) is 24.4 Å². The minimum absolute atomic E-state index is 0.0865. The summed E-state index contributed by atoms with van der Waals surface area (Å²) < 4.78 is 11.9. The van der Waals surface area contributed by atoms with E-state index in [2.05, 4.69) is 10.6 Å². The minimum atomic E-state index is -0.944. The summed E-state index contributed by atoms with van der Waals surface area (Å²) in [5.74, 6) is 0.245. The lowest BCUT2D eigenvalue weighted by Gasteiger charge is -2.36. The molecule has 3 heterocycles. The predicted molar refractivity (Wildman–Crippen MR) is 168 cm³/mol. The van der Waals surface area contributed by atoms with Gasteiger partial charge in [0, 0.05) is 31.3 Å². The van der Waals surface area contributed by atoms with Crippen molar-refractivity contribution in [1.82, 2.24) is 25.3 Å². The molecule has 0 saturated carbocycles. The van der Waals surface area contributed by atoms with Crippen molar-refractivity contribution in [1.29, 1.82) is 0 Å². The molecule has 242 valence electrons. The molecule has 1 aromatic rings. The summed E-state index contributed by atoms with van der Waals surface area (Å²) >= 11 is 0. The molecule has 1 aromatic carbocycles. The van der Waals surface area contributed by atoms with E-state index in [-0.39, 0.29) is 35.5 Å². The quantitative estimate of drug-likeness (QED) is 0.441. The highest BCUT2D eigenvalue weighted by molar-refractivity contribution is 5.96. The van der Waals surface area contributed by atoms with Crippen LogP contribution in [-0.4, -0.2) is 103 Å². The first kappa shape index (κ1) is 33.3. The van der Waals surface area contributed by atoms with Crippen molar-refractivity contribution >= 4 is 29.7 Å². The molecule has 0 spiro atoms. The largest absolute Gasteiger partial charge is 0.496 e. The molecule has 2 saturated heterocycles. The van der Waals surface area contributed by atoms with Gasteiger partial charge in [-0.3, -0.25) is 24.1 Å². The van der Waals surface area contributed by atoms with Crippen molar-refractivity contribution in [2.24, 2.45) is 11.8 Å². The van der Waals surface area contributed by atoms with Gasteiger partial charge in [-0.1, -0.05) is 34.1 Å². The molecular weight excluding hydrogens is 562 g/mol. The van der Waals surface area contributed by atoms with Crippen LogP contribution in [0.4, 0.5) is 0 Å². The molecule has 11 heteroatoms. The van der Waals surface area contributed by atoms with E-state index in [1.807, 2.05) is 46.7 Å². The van der Waals surface area contributed by atoms with Gasteiger partial charge in [-0.05, 0) is 69.5 Å². The molecule has 6 atom stereocenters. The number of carbonyl (C=O) groups is 4. The van der Waals surface area contributed by atoms with E-state index in [4.69, 9.17) is 9.47 Å². The number of likely N-dealkylation sites (tertiary alicyclic amines) is 1. The van der Waals surface area contributed by atoms with Crippen LogP contribution >= 0.6 is 0 Å². The van der Waals surface area contributed by atoms with Crippen LogP contribution in [0.25, 0.3) is 6.08 Å². The number of amides is 4. The maximum atomic E-state index is 14.4. The Morgan fingerprint density at radius 3 is 2.57 bits per heavy atom. The van der Waals surface area contributed by atoms with Gasteiger partial charge < -0.3 is 29.9 Å². The Hall–Kier alpha value is -3.60. The molecule has 2 N–H and O–H groups in total. The summed E-state index contributed by atoms with van der Waals surface area (Å²) in [7, 11) is 5.31. The number of ether oxygens (including phenoxy) is 2. The molecule has 0 aromatic heterocycles. The molecule has 2 fully saturated rings. The number of carbonyl (C=O) groups excluding carboxylic acids is 4. The topological polar surface area (TPSA) is 121 Å². The molecule has 2 bridgehead atoms. The predicted octanol–water partition coefficient (Wildman–Crippen LogP) is 2.64. The Kier molecular flexibility index (Phi) is 10.9. The van der Waals surface area contributed by atoms with Gasteiger partial charge in [0.25, 0.3) is 0 Å². The van der Waals surface area contributed by atoms with Crippen molar-refractivity contribution in [2.75, 3.05) is 34.3 Å². The second-order valence-electron chi connectivity index (χ2n) is 12.8. The fourth-order valence-electron chi connectivity index (χ4n) is 6.68. The third-order valence-electron chi connectivity index (χ3n) is 9.02. The third kappa shape index (κ3) is 7.20. The zero-order valence-electron chi connectivity index (χ0n) is 27.2. The number of rotatable bonds is 9.